The molecule has 0 amide bonds. The molecule has 0 radical (unpaired) electrons. The second kappa shape index (κ2) is 3.31. The number of hydrogen-bond donors (Lipinski definition) is 1. The van der Waals surface area contributed by atoms with Crippen LogP contribution >= 0.6 is 11.3 Å². The second-order valence-electron chi connectivity index (χ2n) is 1.83. The Kier molecular flexibility index (Phi) is 2.61. The standard InChI is InChI=1S/C5H7NO3S2/c6-11(7,8)9-4-5-2-1-3-10-5/h1-3H,4H2,(H2,6,7,8). The van der Waals surface area contributed by atoms with E-state index in [2.05, 4.69) is 9.32 Å². The molecule has 0 atom stereocenters. The molecule has 4 nitrogen and oxygen atoms in total. The normalized spacial score (nSPS) is 11.7. The summed E-state index contributed by atoms with van der Waals surface area (Å²) in [6.45, 7) is 0.0243. The SMILES string of the molecule is NS(=O)(=O)OCc1cccs1. The van der Waals surface area contributed by atoms with E-state index in [1.54, 1.807) is 6.07 Å². The molecular formula is C5H7NO3S2. The summed E-state index contributed by atoms with van der Waals surface area (Å²) >= 11 is 1.42. The molecule has 0 aromatic carbocycles. The Bertz CT molecular complexity index is 302. The Hall–Kier alpha value is -0.430. The molecule has 11 heavy (non-hydrogen) atoms. The van der Waals surface area contributed by atoms with Gasteiger partial charge in [-0.25, -0.2) is 5.14 Å². The Morgan fingerprint density at radius 2 is 2.36 bits per heavy atom. The minimum absolute atomic E-state index is 0.0243. The van der Waals surface area contributed by atoms with Gasteiger partial charge >= 0.3 is 10.3 Å². The van der Waals surface area contributed by atoms with Gasteiger partial charge in [0.15, 0.2) is 0 Å². The van der Waals surface area contributed by atoms with Crippen LogP contribution < -0.4 is 5.14 Å². The van der Waals surface area contributed by atoms with Crippen molar-refractivity contribution in [3.8, 4) is 0 Å². The molecule has 0 aliphatic heterocycles. The predicted molar refractivity (Wildman–Crippen MR) is 42.2 cm³/mol. The minimum atomic E-state index is -3.79. The zero-order chi connectivity index (χ0) is 8.32. The molecule has 1 aromatic rings. The fourth-order valence-corrected chi connectivity index (χ4v) is 1.52. The first-order valence-electron chi connectivity index (χ1n) is 2.77. The molecule has 0 saturated carbocycles. The van der Waals surface area contributed by atoms with Crippen LogP contribution in [0.4, 0.5) is 0 Å². The summed E-state index contributed by atoms with van der Waals surface area (Å²) in [7, 11) is -3.79. The van der Waals surface area contributed by atoms with E-state index in [4.69, 9.17) is 0 Å². The van der Waals surface area contributed by atoms with Crippen LogP contribution in [0, 0.1) is 0 Å². The molecule has 0 bridgehead atoms. The molecule has 0 fully saturated rings. The zero-order valence-electron chi connectivity index (χ0n) is 5.56. The number of nitrogens with two attached hydrogens (primary N) is 1. The van der Waals surface area contributed by atoms with Crippen molar-refractivity contribution in [2.75, 3.05) is 0 Å². The lowest BCUT2D eigenvalue weighted by Gasteiger charge is -1.95. The highest BCUT2D eigenvalue weighted by Gasteiger charge is 2.02. The molecule has 1 aromatic heterocycles. The molecular weight excluding hydrogens is 186 g/mol. The lowest BCUT2D eigenvalue weighted by Crippen LogP contribution is -2.15. The topological polar surface area (TPSA) is 69.4 Å². The number of hydrogen-bond acceptors (Lipinski definition) is 4. The van der Waals surface area contributed by atoms with Crippen LogP contribution in [0.5, 0.6) is 0 Å². The van der Waals surface area contributed by atoms with Crippen molar-refractivity contribution in [2.45, 2.75) is 6.61 Å². The van der Waals surface area contributed by atoms with Gasteiger partial charge in [-0.2, -0.15) is 8.42 Å². The van der Waals surface area contributed by atoms with E-state index in [1.165, 1.54) is 11.3 Å². The summed E-state index contributed by atoms with van der Waals surface area (Å²) in [5.74, 6) is 0. The molecule has 0 aliphatic rings. The first-order chi connectivity index (χ1) is 5.08. The summed E-state index contributed by atoms with van der Waals surface area (Å²) in [4.78, 5) is 0.832. The first kappa shape index (κ1) is 8.66. The van der Waals surface area contributed by atoms with Gasteiger partial charge in [0.25, 0.3) is 0 Å². The van der Waals surface area contributed by atoms with Crippen LogP contribution in [0.25, 0.3) is 0 Å². The number of rotatable bonds is 3. The van der Waals surface area contributed by atoms with Crippen LogP contribution in [0.1, 0.15) is 4.88 Å². The van der Waals surface area contributed by atoms with E-state index in [1.807, 2.05) is 11.4 Å². The minimum Gasteiger partial charge on any atom is -0.253 e. The molecule has 0 spiro atoms. The van der Waals surface area contributed by atoms with Crippen LogP contribution in [0.2, 0.25) is 0 Å². The average molecular weight is 193 g/mol. The Morgan fingerprint density at radius 3 is 2.82 bits per heavy atom. The average Bonchev–Trinajstić information content (AvgIpc) is 2.32. The van der Waals surface area contributed by atoms with Crippen LogP contribution in [-0.2, 0) is 21.1 Å². The van der Waals surface area contributed by atoms with Gasteiger partial charge in [-0.1, -0.05) is 6.07 Å². The van der Waals surface area contributed by atoms with Crippen LogP contribution in [0.3, 0.4) is 0 Å². The largest absolute Gasteiger partial charge is 0.333 e. The Balaban J connectivity index is 2.48. The summed E-state index contributed by atoms with van der Waals surface area (Å²) in [6.07, 6.45) is 0. The lowest BCUT2D eigenvalue weighted by atomic mass is 10.5. The van der Waals surface area contributed by atoms with Crippen molar-refractivity contribution in [3.05, 3.63) is 22.4 Å². The summed E-state index contributed by atoms with van der Waals surface area (Å²) in [5, 5.41) is 6.44. The maximum atomic E-state index is 10.3. The van der Waals surface area contributed by atoms with Crippen molar-refractivity contribution in [3.63, 3.8) is 0 Å². The van der Waals surface area contributed by atoms with E-state index in [0.717, 1.165) is 4.88 Å². The van der Waals surface area contributed by atoms with Gasteiger partial charge in [0.1, 0.15) is 6.61 Å². The molecule has 62 valence electrons. The molecule has 1 heterocycles. The first-order valence-corrected chi connectivity index (χ1v) is 5.12. The van der Waals surface area contributed by atoms with Gasteiger partial charge in [-0.15, -0.1) is 11.3 Å². The zero-order valence-corrected chi connectivity index (χ0v) is 7.19. The fourth-order valence-electron chi connectivity index (χ4n) is 0.535. The summed E-state index contributed by atoms with van der Waals surface area (Å²) < 4.78 is 24.9. The van der Waals surface area contributed by atoms with E-state index >= 15 is 0 Å². The van der Waals surface area contributed by atoms with Crippen molar-refractivity contribution >= 4 is 21.6 Å². The quantitative estimate of drug-likeness (QED) is 0.758. The van der Waals surface area contributed by atoms with E-state index in [-0.39, 0.29) is 6.61 Å². The second-order valence-corrected chi connectivity index (χ2v) is 4.09. The van der Waals surface area contributed by atoms with Gasteiger partial charge in [0.05, 0.1) is 0 Å². The molecule has 0 saturated heterocycles. The lowest BCUT2D eigenvalue weighted by molar-refractivity contribution is 0.312. The third-order valence-electron chi connectivity index (χ3n) is 0.946. The van der Waals surface area contributed by atoms with Crippen molar-refractivity contribution < 1.29 is 12.6 Å². The maximum absolute atomic E-state index is 10.3. The summed E-state index contributed by atoms with van der Waals surface area (Å²) in [5.41, 5.74) is 0. The number of thiophene rings is 1. The highest BCUT2D eigenvalue weighted by Crippen LogP contribution is 2.09. The van der Waals surface area contributed by atoms with Gasteiger partial charge in [-0.3, -0.25) is 4.18 Å². The van der Waals surface area contributed by atoms with Gasteiger partial charge in [-0.05, 0) is 11.4 Å². The molecule has 6 heteroatoms. The van der Waals surface area contributed by atoms with Gasteiger partial charge in [0.2, 0.25) is 0 Å². The van der Waals surface area contributed by atoms with Crippen molar-refractivity contribution in [1.82, 2.24) is 0 Å². The third kappa shape index (κ3) is 3.47. The van der Waals surface area contributed by atoms with E-state index in [9.17, 15) is 8.42 Å². The van der Waals surface area contributed by atoms with Crippen LogP contribution in [0.15, 0.2) is 17.5 Å². The fraction of sp³-hybridized carbons (Fsp3) is 0.200. The van der Waals surface area contributed by atoms with Crippen LogP contribution in [-0.4, -0.2) is 8.42 Å². The van der Waals surface area contributed by atoms with Gasteiger partial charge < -0.3 is 0 Å². The highest BCUT2D eigenvalue weighted by atomic mass is 32.2. The highest BCUT2D eigenvalue weighted by molar-refractivity contribution is 7.84. The smallest absolute Gasteiger partial charge is 0.253 e. The Morgan fingerprint density at radius 1 is 1.64 bits per heavy atom. The third-order valence-corrected chi connectivity index (χ3v) is 2.24. The maximum Gasteiger partial charge on any atom is 0.333 e. The Labute approximate surface area is 68.9 Å². The van der Waals surface area contributed by atoms with E-state index < -0.39 is 10.3 Å². The van der Waals surface area contributed by atoms with E-state index in [0.29, 0.717) is 0 Å². The molecule has 0 unspecified atom stereocenters. The summed E-state index contributed by atoms with van der Waals surface area (Å²) in [6, 6.07) is 3.59. The van der Waals surface area contributed by atoms with Gasteiger partial charge in [0, 0.05) is 4.88 Å². The van der Waals surface area contributed by atoms with Crippen molar-refractivity contribution in [1.29, 1.82) is 0 Å². The van der Waals surface area contributed by atoms with Crippen molar-refractivity contribution in [2.24, 2.45) is 5.14 Å². The predicted octanol–water partition coefficient (Wildman–Crippen LogP) is 0.468. The molecule has 2 N–H and O–H groups in total. The molecule has 1 rings (SSSR count). The monoisotopic (exact) mass is 193 g/mol. The molecule has 0 aliphatic carbocycles.